The topological polar surface area (TPSA) is 3.24 Å². The molecule has 0 atom stereocenters. The summed E-state index contributed by atoms with van der Waals surface area (Å²) < 4.78 is 4.95. The van der Waals surface area contributed by atoms with Gasteiger partial charge in [0.15, 0.2) is 0 Å². The Morgan fingerprint density at radius 1 is 0.800 bits per heavy atom. The van der Waals surface area contributed by atoms with Crippen molar-refractivity contribution in [3.8, 4) is 0 Å². The summed E-state index contributed by atoms with van der Waals surface area (Å²) in [6.07, 6.45) is 0. The van der Waals surface area contributed by atoms with Gasteiger partial charge in [0, 0.05) is 0 Å². The fourth-order valence-corrected chi connectivity index (χ4v) is 53.0. The van der Waals surface area contributed by atoms with E-state index in [2.05, 4.69) is 55.7 Å². The molecule has 3 heteroatoms. The summed E-state index contributed by atoms with van der Waals surface area (Å²) in [5.74, 6) is 0. The van der Waals surface area contributed by atoms with Gasteiger partial charge in [0.1, 0.15) is 0 Å². The van der Waals surface area contributed by atoms with Crippen molar-refractivity contribution in [1.82, 2.24) is 1.34 Å². The minimum atomic E-state index is -1.97. The molecule has 0 aromatic heterocycles. The van der Waals surface area contributed by atoms with Crippen LogP contribution in [0.5, 0.6) is 0 Å². The molecule has 0 rings (SSSR count). The van der Waals surface area contributed by atoms with Crippen LogP contribution in [0.4, 0.5) is 0 Å². The molecule has 0 aliphatic heterocycles. The molecule has 0 aromatic carbocycles. The van der Waals surface area contributed by atoms with Crippen molar-refractivity contribution in [3.63, 3.8) is 0 Å². The number of hydrogen-bond acceptors (Lipinski definition) is 1. The molecule has 0 heterocycles. The summed E-state index contributed by atoms with van der Waals surface area (Å²) in [6, 6.07) is 0. The van der Waals surface area contributed by atoms with Crippen molar-refractivity contribution in [2.45, 2.75) is 62.2 Å². The zero-order valence-electron chi connectivity index (χ0n) is 12.3. The van der Waals surface area contributed by atoms with Gasteiger partial charge >= 0.3 is 107 Å². The molecule has 0 amide bonds. The number of hydrogen-bond donors (Lipinski definition) is 0. The molecule has 15 heavy (non-hydrogen) atoms. The van der Waals surface area contributed by atoms with Gasteiger partial charge in [0.2, 0.25) is 0 Å². The summed E-state index contributed by atoms with van der Waals surface area (Å²) in [7, 11) is 0. The van der Waals surface area contributed by atoms with Crippen LogP contribution in [0.3, 0.4) is 0 Å². The second-order valence-electron chi connectivity index (χ2n) is 6.36. The molecule has 0 aliphatic carbocycles. The third-order valence-electron chi connectivity index (χ3n) is 4.53. The van der Waals surface area contributed by atoms with Crippen LogP contribution in [0.2, 0.25) is 27.6 Å². The first-order valence-corrected chi connectivity index (χ1v) is 23.6. The molecule has 0 spiro atoms. The van der Waals surface area contributed by atoms with Gasteiger partial charge in [-0.25, -0.2) is 0 Å². The van der Waals surface area contributed by atoms with E-state index in [-0.39, 0.29) is 0 Å². The van der Waals surface area contributed by atoms with E-state index in [1.54, 1.807) is 0 Å². The van der Waals surface area contributed by atoms with Crippen molar-refractivity contribution in [3.05, 3.63) is 0 Å². The number of rotatable bonds is 5. The molecule has 0 saturated heterocycles. The zero-order valence-corrected chi connectivity index (χ0v) is 18.0. The van der Waals surface area contributed by atoms with Gasteiger partial charge in [0.05, 0.1) is 0 Å². The van der Waals surface area contributed by atoms with Gasteiger partial charge in [-0.05, 0) is 0 Å². The molecule has 0 unspecified atom stereocenters. The minimum absolute atomic E-state index is 0.939. The van der Waals surface area contributed by atoms with E-state index in [0.29, 0.717) is 0 Å². The molecular formula is C12H31NSn2. The fraction of sp³-hybridized carbons (Fsp3) is 1.00. The van der Waals surface area contributed by atoms with Crippen LogP contribution in [-0.4, -0.2) is 45.2 Å². The van der Waals surface area contributed by atoms with Crippen LogP contribution >= 0.6 is 0 Å². The van der Waals surface area contributed by atoms with Gasteiger partial charge in [-0.2, -0.15) is 0 Å². The van der Waals surface area contributed by atoms with Crippen molar-refractivity contribution in [1.29, 1.82) is 0 Å². The predicted molar refractivity (Wildman–Crippen MR) is 77.5 cm³/mol. The second-order valence-corrected chi connectivity index (χ2v) is 38.6. The molecular weight excluding hydrogens is 396 g/mol. The maximum atomic E-state index is 3.07. The molecule has 0 bridgehead atoms. The molecule has 0 saturated carbocycles. The van der Waals surface area contributed by atoms with E-state index >= 15 is 0 Å². The summed E-state index contributed by atoms with van der Waals surface area (Å²) >= 11 is -3.94. The summed E-state index contributed by atoms with van der Waals surface area (Å²) in [4.78, 5) is 10.5. The van der Waals surface area contributed by atoms with Gasteiger partial charge in [-0.1, -0.05) is 0 Å². The van der Waals surface area contributed by atoms with E-state index < -0.39 is 37.3 Å². The van der Waals surface area contributed by atoms with E-state index in [1.165, 1.54) is 6.54 Å². The molecule has 1 nitrogen and oxygen atoms in total. The first kappa shape index (κ1) is 16.6. The van der Waals surface area contributed by atoms with Crippen LogP contribution in [-0.2, 0) is 0 Å². The summed E-state index contributed by atoms with van der Waals surface area (Å²) in [5, 5.41) is 0. The SMILES string of the molecule is CC[N]([Sn]([CH3])([CH3])[CH](C)C)[Sn]([CH3])([CH3])[CH](C)C. The van der Waals surface area contributed by atoms with Gasteiger partial charge in [-0.3, -0.25) is 0 Å². The quantitative estimate of drug-likeness (QED) is 0.583. The van der Waals surface area contributed by atoms with E-state index in [0.717, 1.165) is 7.87 Å². The van der Waals surface area contributed by atoms with Crippen molar-refractivity contribution in [2.24, 2.45) is 0 Å². The van der Waals surface area contributed by atoms with Crippen molar-refractivity contribution < 1.29 is 0 Å². The third kappa shape index (κ3) is 3.77. The van der Waals surface area contributed by atoms with Gasteiger partial charge < -0.3 is 0 Å². The Kier molecular flexibility index (Phi) is 6.56. The Labute approximate surface area is 106 Å². The van der Waals surface area contributed by atoms with Gasteiger partial charge in [0.25, 0.3) is 0 Å². The normalized spacial score (nSPS) is 14.4. The average molecular weight is 427 g/mol. The first-order valence-electron chi connectivity index (χ1n) is 6.36. The van der Waals surface area contributed by atoms with Gasteiger partial charge in [-0.15, -0.1) is 0 Å². The van der Waals surface area contributed by atoms with E-state index in [9.17, 15) is 0 Å². The molecule has 92 valence electrons. The standard InChI is InChI=1S/2C3H7.C2H5N.4CH3.2Sn/c2*1-3-2;1-2-3;;;;;;/h2*3H,1-2H3;2H2,1H3;4*1H3;;. The van der Waals surface area contributed by atoms with Crippen molar-refractivity contribution >= 4 is 37.3 Å². The van der Waals surface area contributed by atoms with Crippen molar-refractivity contribution in [2.75, 3.05) is 6.54 Å². The maximum absolute atomic E-state index is 3.07. The van der Waals surface area contributed by atoms with Crippen LogP contribution in [0.1, 0.15) is 34.6 Å². The number of nitrogens with zero attached hydrogens (tertiary/aromatic N) is 1. The Morgan fingerprint density at radius 2 is 1.07 bits per heavy atom. The first-order chi connectivity index (χ1) is 6.58. The van der Waals surface area contributed by atoms with E-state index in [1.807, 2.05) is 0 Å². The molecule has 0 aliphatic rings. The Bertz CT molecular complexity index is 178. The molecule has 0 radical (unpaired) electrons. The van der Waals surface area contributed by atoms with Crippen LogP contribution in [0, 0.1) is 0 Å². The van der Waals surface area contributed by atoms with Crippen LogP contribution in [0.15, 0.2) is 0 Å². The molecule has 0 N–H and O–H groups in total. The van der Waals surface area contributed by atoms with Crippen LogP contribution < -0.4 is 0 Å². The molecule has 0 aromatic rings. The summed E-state index contributed by atoms with van der Waals surface area (Å²) in [6.45, 7) is 13.5. The Hall–Kier alpha value is 1.56. The fourth-order valence-electron chi connectivity index (χ4n) is 2.18. The average Bonchev–Trinajstić information content (AvgIpc) is 2.03. The third-order valence-corrected chi connectivity index (χ3v) is 52.5. The van der Waals surface area contributed by atoms with E-state index in [4.69, 9.17) is 0 Å². The second kappa shape index (κ2) is 5.94. The Balaban J connectivity index is 5.07. The Morgan fingerprint density at radius 3 is 1.20 bits per heavy atom. The zero-order chi connectivity index (χ0) is 12.4. The molecule has 0 fully saturated rings. The summed E-state index contributed by atoms with van der Waals surface area (Å²) in [5.41, 5.74) is 0. The van der Waals surface area contributed by atoms with Crippen LogP contribution in [0.25, 0.3) is 0 Å². The monoisotopic (exact) mass is 429 g/mol. The predicted octanol–water partition coefficient (Wildman–Crippen LogP) is 4.54.